The lowest BCUT2D eigenvalue weighted by atomic mass is 10.0. The number of rotatable bonds is 10. The molecule has 2 heterocycles. The van der Waals surface area contributed by atoms with Gasteiger partial charge in [0.25, 0.3) is 0 Å². The maximum absolute atomic E-state index is 12.9. The number of hydrogen-bond donors (Lipinski definition) is 0. The van der Waals surface area contributed by atoms with Crippen LogP contribution in [0.25, 0.3) is 0 Å². The van der Waals surface area contributed by atoms with Gasteiger partial charge in [0.05, 0.1) is 26.4 Å². The van der Waals surface area contributed by atoms with Gasteiger partial charge < -0.3 is 28.6 Å². The van der Waals surface area contributed by atoms with Gasteiger partial charge in [0.15, 0.2) is 0 Å². The van der Waals surface area contributed by atoms with Crippen LogP contribution in [0.15, 0.2) is 66.7 Å². The Morgan fingerprint density at radius 1 is 1.00 bits per heavy atom. The molecule has 1 fully saturated rings. The zero-order valence-electron chi connectivity index (χ0n) is 21.7. The van der Waals surface area contributed by atoms with Gasteiger partial charge in [0.2, 0.25) is 5.79 Å². The molecule has 8 heteroatoms. The quantitative estimate of drug-likeness (QED) is 0.314. The number of hydrogen-bond acceptors (Lipinski definition) is 6. The minimum atomic E-state index is -0.643. The second kappa shape index (κ2) is 11.4. The van der Waals surface area contributed by atoms with Gasteiger partial charge >= 0.3 is 6.09 Å². The first kappa shape index (κ1) is 26.0. The largest absolute Gasteiger partial charge is 0.491 e. The highest BCUT2D eigenvalue weighted by atomic mass is 19.1. The molecule has 3 aromatic carbocycles. The molecular formula is C30H32FNO6. The Hall–Kier alpha value is -3.62. The molecule has 5 rings (SSSR count). The first-order valence-corrected chi connectivity index (χ1v) is 12.8. The van der Waals surface area contributed by atoms with E-state index in [0.29, 0.717) is 45.9 Å². The smallest absolute Gasteiger partial charge is 0.410 e. The van der Waals surface area contributed by atoms with Gasteiger partial charge in [-0.05, 0) is 59.5 Å². The molecule has 0 aliphatic carbocycles. The maximum atomic E-state index is 12.9. The van der Waals surface area contributed by atoms with Gasteiger partial charge in [-0.2, -0.15) is 0 Å². The third-order valence-corrected chi connectivity index (χ3v) is 6.55. The van der Waals surface area contributed by atoms with Crippen LogP contribution in [0.4, 0.5) is 9.18 Å². The van der Waals surface area contributed by atoms with Crippen molar-refractivity contribution in [3.63, 3.8) is 0 Å². The fourth-order valence-corrected chi connectivity index (χ4v) is 4.43. The number of benzene rings is 3. The molecule has 1 saturated heterocycles. The molecule has 0 spiro atoms. The van der Waals surface area contributed by atoms with E-state index in [0.717, 1.165) is 33.8 Å². The topological polar surface area (TPSA) is 66.5 Å². The second-order valence-electron chi connectivity index (χ2n) is 9.90. The van der Waals surface area contributed by atoms with Crippen LogP contribution in [0.3, 0.4) is 0 Å². The highest BCUT2D eigenvalue weighted by molar-refractivity contribution is 5.70. The van der Waals surface area contributed by atoms with Crippen molar-refractivity contribution >= 4 is 6.09 Å². The Bertz CT molecular complexity index is 1240. The van der Waals surface area contributed by atoms with Crippen molar-refractivity contribution in [2.75, 3.05) is 26.3 Å². The monoisotopic (exact) mass is 521 g/mol. The Labute approximate surface area is 222 Å². The van der Waals surface area contributed by atoms with E-state index in [1.807, 2.05) is 56.3 Å². The van der Waals surface area contributed by atoms with E-state index in [1.165, 1.54) is 12.1 Å². The first-order valence-electron chi connectivity index (χ1n) is 12.8. The van der Waals surface area contributed by atoms with Gasteiger partial charge in [-0.1, -0.05) is 30.3 Å². The molecule has 0 saturated carbocycles. The predicted molar refractivity (Wildman–Crippen MR) is 138 cm³/mol. The van der Waals surface area contributed by atoms with Crippen molar-refractivity contribution in [1.29, 1.82) is 0 Å². The summed E-state index contributed by atoms with van der Waals surface area (Å²) >= 11 is 0. The lowest BCUT2D eigenvalue weighted by molar-refractivity contribution is -0.180. The normalized spacial score (nSPS) is 18.0. The van der Waals surface area contributed by atoms with Gasteiger partial charge in [-0.3, -0.25) is 0 Å². The first-order chi connectivity index (χ1) is 18.3. The molecule has 0 N–H and O–H groups in total. The van der Waals surface area contributed by atoms with Crippen LogP contribution in [0, 0.1) is 5.82 Å². The van der Waals surface area contributed by atoms with E-state index >= 15 is 0 Å². The molecule has 2 aliphatic heterocycles. The lowest BCUT2D eigenvalue weighted by Gasteiger charge is -2.32. The van der Waals surface area contributed by atoms with Gasteiger partial charge in [0.1, 0.15) is 30.0 Å². The number of carbonyl (C=O) groups excluding carboxylic acids is 1. The molecule has 2 aliphatic rings. The van der Waals surface area contributed by atoms with Crippen LogP contribution >= 0.6 is 0 Å². The Morgan fingerprint density at radius 3 is 2.55 bits per heavy atom. The Morgan fingerprint density at radius 2 is 1.76 bits per heavy atom. The summed E-state index contributed by atoms with van der Waals surface area (Å²) in [5.41, 5.74) is 3.92. The Kier molecular flexibility index (Phi) is 7.81. The van der Waals surface area contributed by atoms with Crippen LogP contribution in [0.5, 0.6) is 11.5 Å². The van der Waals surface area contributed by atoms with Crippen molar-refractivity contribution in [2.24, 2.45) is 0 Å². The lowest BCUT2D eigenvalue weighted by Crippen LogP contribution is -2.35. The number of cyclic esters (lactones) is 1. The Balaban J connectivity index is 1.04. The third-order valence-electron chi connectivity index (χ3n) is 6.55. The van der Waals surface area contributed by atoms with E-state index in [2.05, 4.69) is 0 Å². The van der Waals surface area contributed by atoms with Crippen LogP contribution in [0.1, 0.15) is 42.2 Å². The molecule has 38 heavy (non-hydrogen) atoms. The van der Waals surface area contributed by atoms with Crippen molar-refractivity contribution in [3.05, 3.63) is 94.8 Å². The third kappa shape index (κ3) is 6.62. The minimum absolute atomic E-state index is 0.258. The van der Waals surface area contributed by atoms with Crippen molar-refractivity contribution in [1.82, 2.24) is 4.90 Å². The average molecular weight is 522 g/mol. The number of fused-ring (bicyclic) bond motifs is 1. The summed E-state index contributed by atoms with van der Waals surface area (Å²) < 4.78 is 41.5. The zero-order valence-corrected chi connectivity index (χ0v) is 21.7. The van der Waals surface area contributed by atoms with Crippen LogP contribution in [-0.4, -0.2) is 43.1 Å². The number of halogens is 1. The SMILES string of the molecule is CC1(C)OCc2cc([C@@H]3CN(CCc4ccc(OCCOCc5ccc(F)cc5)cc4)C(=O)O3)ccc2O1. The second-order valence-corrected chi connectivity index (χ2v) is 9.90. The predicted octanol–water partition coefficient (Wildman–Crippen LogP) is 5.80. The minimum Gasteiger partial charge on any atom is -0.491 e. The molecule has 200 valence electrons. The number of ether oxygens (including phenoxy) is 5. The van der Waals surface area contributed by atoms with Crippen molar-refractivity contribution in [2.45, 2.75) is 45.4 Å². The van der Waals surface area contributed by atoms with E-state index in [9.17, 15) is 9.18 Å². The van der Waals surface area contributed by atoms with Crippen LogP contribution in [-0.2, 0) is 33.8 Å². The summed E-state index contributed by atoms with van der Waals surface area (Å²) in [7, 11) is 0. The van der Waals surface area contributed by atoms with Gasteiger partial charge in [-0.15, -0.1) is 0 Å². The summed E-state index contributed by atoms with van der Waals surface area (Å²) in [6, 6.07) is 20.0. The molecule has 1 amide bonds. The molecule has 0 radical (unpaired) electrons. The summed E-state index contributed by atoms with van der Waals surface area (Å²) in [4.78, 5) is 14.2. The summed E-state index contributed by atoms with van der Waals surface area (Å²) in [5.74, 6) is 0.654. The van der Waals surface area contributed by atoms with E-state index in [4.69, 9.17) is 23.7 Å². The molecule has 0 bridgehead atoms. The number of nitrogens with zero attached hydrogens (tertiary/aromatic N) is 1. The highest BCUT2D eigenvalue weighted by Crippen LogP contribution is 2.35. The number of amides is 1. The standard InChI is InChI=1S/C30H32FNO6/c1-30(2)36-20-24-17-23(7-12-27(24)38-30)28-18-32(29(33)37-28)14-13-21-5-10-26(11-6-21)35-16-15-34-19-22-3-8-25(31)9-4-22/h3-12,17,28H,13-16,18-20H2,1-2H3/t28-/m0/s1. The van der Waals surface area contributed by atoms with Gasteiger partial charge in [-0.25, -0.2) is 9.18 Å². The zero-order chi connectivity index (χ0) is 26.5. The fraction of sp³-hybridized carbons (Fsp3) is 0.367. The average Bonchev–Trinajstić information content (AvgIpc) is 3.28. The van der Waals surface area contributed by atoms with Crippen molar-refractivity contribution < 1.29 is 32.9 Å². The van der Waals surface area contributed by atoms with Gasteiger partial charge in [0, 0.05) is 26.0 Å². The molecule has 0 aromatic heterocycles. The van der Waals surface area contributed by atoms with Crippen LogP contribution in [0.2, 0.25) is 0 Å². The molecule has 1 atom stereocenters. The highest BCUT2D eigenvalue weighted by Gasteiger charge is 2.33. The van der Waals surface area contributed by atoms with E-state index in [1.54, 1.807) is 17.0 Å². The molecule has 0 unspecified atom stereocenters. The molecule has 7 nitrogen and oxygen atoms in total. The fourth-order valence-electron chi connectivity index (χ4n) is 4.43. The van der Waals surface area contributed by atoms with E-state index in [-0.39, 0.29) is 18.0 Å². The summed E-state index contributed by atoms with van der Waals surface area (Å²) in [6.45, 7) is 6.56. The van der Waals surface area contributed by atoms with Crippen molar-refractivity contribution in [3.8, 4) is 11.5 Å². The maximum Gasteiger partial charge on any atom is 0.410 e. The van der Waals surface area contributed by atoms with Crippen LogP contribution < -0.4 is 9.47 Å². The van der Waals surface area contributed by atoms with E-state index < -0.39 is 5.79 Å². The summed E-state index contributed by atoms with van der Waals surface area (Å²) in [5, 5.41) is 0. The molecular weight excluding hydrogens is 489 g/mol. The molecule has 3 aromatic rings. The summed E-state index contributed by atoms with van der Waals surface area (Å²) in [6.07, 6.45) is 0.0924. The number of carbonyl (C=O) groups is 1.